The van der Waals surface area contributed by atoms with Crippen molar-refractivity contribution < 1.29 is 22.7 Å². The van der Waals surface area contributed by atoms with Crippen LogP contribution in [0.3, 0.4) is 0 Å². The monoisotopic (exact) mass is 529 g/mol. The van der Waals surface area contributed by atoms with Crippen LogP contribution in [0, 0.1) is 6.92 Å². The van der Waals surface area contributed by atoms with E-state index in [2.05, 4.69) is 0 Å². The highest BCUT2D eigenvalue weighted by Gasteiger charge is 2.42. The van der Waals surface area contributed by atoms with Gasteiger partial charge in [-0.3, -0.25) is 9.69 Å². The molecule has 8 nitrogen and oxygen atoms in total. The molecule has 1 aromatic heterocycles. The van der Waals surface area contributed by atoms with Crippen molar-refractivity contribution in [3.63, 3.8) is 0 Å². The average molecular weight is 530 g/mol. The lowest BCUT2D eigenvalue weighted by Gasteiger charge is -2.29. The standard InChI is InChI=1S/C26H31N3O5S2/c1-3-33-22-9-4-10-23-24(22)27-26(35-23)28(17-19-7-6-16-34-19)25(30)21-8-5-15-29(21)36(31,32)20-13-11-18(2)12-14-20/h4,9-14,19,21H,3,5-8,15-17H2,1-2H3. The summed E-state index contributed by atoms with van der Waals surface area (Å²) in [5, 5.41) is 0.539. The zero-order valence-corrected chi connectivity index (χ0v) is 22.2. The summed E-state index contributed by atoms with van der Waals surface area (Å²) < 4.78 is 40.9. The van der Waals surface area contributed by atoms with E-state index in [0.29, 0.717) is 55.5 Å². The minimum atomic E-state index is -3.81. The molecule has 36 heavy (non-hydrogen) atoms. The molecule has 1 amide bonds. The third-order valence-corrected chi connectivity index (χ3v) is 9.66. The summed E-state index contributed by atoms with van der Waals surface area (Å²) in [7, 11) is -3.81. The lowest BCUT2D eigenvalue weighted by Crippen LogP contribution is -2.49. The fraction of sp³-hybridized carbons (Fsp3) is 0.462. The normalized spacial score (nSPS) is 20.7. The van der Waals surface area contributed by atoms with Crippen molar-refractivity contribution >= 4 is 42.6 Å². The van der Waals surface area contributed by atoms with Gasteiger partial charge in [-0.05, 0) is 63.8 Å². The van der Waals surface area contributed by atoms with E-state index in [0.717, 1.165) is 23.1 Å². The van der Waals surface area contributed by atoms with Crippen molar-refractivity contribution in [1.82, 2.24) is 9.29 Å². The number of fused-ring (bicyclic) bond motifs is 1. The number of benzene rings is 2. The number of carbonyl (C=O) groups excluding carboxylic acids is 1. The van der Waals surface area contributed by atoms with Crippen molar-refractivity contribution in [3.05, 3.63) is 48.0 Å². The first-order valence-corrected chi connectivity index (χ1v) is 14.7. The van der Waals surface area contributed by atoms with Gasteiger partial charge in [-0.15, -0.1) is 0 Å². The summed E-state index contributed by atoms with van der Waals surface area (Å²) in [6.07, 6.45) is 2.80. The van der Waals surface area contributed by atoms with Crippen molar-refractivity contribution in [1.29, 1.82) is 0 Å². The van der Waals surface area contributed by atoms with Crippen LogP contribution in [0.25, 0.3) is 10.2 Å². The van der Waals surface area contributed by atoms with E-state index in [1.807, 2.05) is 32.0 Å². The highest BCUT2D eigenvalue weighted by Crippen LogP contribution is 2.36. The Labute approximate surface area is 215 Å². The molecular formula is C26H31N3O5S2. The van der Waals surface area contributed by atoms with Gasteiger partial charge in [-0.25, -0.2) is 13.4 Å². The Morgan fingerprint density at radius 2 is 2.00 bits per heavy atom. The molecule has 2 unspecified atom stereocenters. The molecule has 2 aromatic carbocycles. The molecule has 0 spiro atoms. The van der Waals surface area contributed by atoms with Crippen LogP contribution in [-0.2, 0) is 19.6 Å². The minimum Gasteiger partial charge on any atom is -0.492 e. The number of ether oxygens (including phenoxy) is 2. The molecule has 192 valence electrons. The summed E-state index contributed by atoms with van der Waals surface area (Å²) in [5.41, 5.74) is 1.69. The predicted molar refractivity (Wildman–Crippen MR) is 140 cm³/mol. The number of hydrogen-bond donors (Lipinski definition) is 0. The van der Waals surface area contributed by atoms with Crippen LogP contribution in [-0.4, -0.2) is 62.1 Å². The number of hydrogen-bond acceptors (Lipinski definition) is 7. The Morgan fingerprint density at radius 1 is 1.19 bits per heavy atom. The molecule has 10 heteroatoms. The Kier molecular flexibility index (Phi) is 7.30. The van der Waals surface area contributed by atoms with Crippen LogP contribution in [0.2, 0.25) is 0 Å². The molecule has 3 aromatic rings. The molecule has 0 radical (unpaired) electrons. The van der Waals surface area contributed by atoms with Gasteiger partial charge in [0.15, 0.2) is 5.13 Å². The number of anilines is 1. The molecule has 2 aliphatic heterocycles. The lowest BCUT2D eigenvalue weighted by atomic mass is 10.2. The number of aromatic nitrogens is 1. The summed E-state index contributed by atoms with van der Waals surface area (Å²) in [5.74, 6) is 0.419. The maximum atomic E-state index is 14.1. The second kappa shape index (κ2) is 10.5. The van der Waals surface area contributed by atoms with Gasteiger partial charge in [-0.2, -0.15) is 4.31 Å². The van der Waals surface area contributed by atoms with E-state index < -0.39 is 16.1 Å². The number of nitrogens with zero attached hydrogens (tertiary/aromatic N) is 3. The maximum Gasteiger partial charge on any atom is 0.247 e. The number of aryl methyl sites for hydroxylation is 1. The smallest absolute Gasteiger partial charge is 0.247 e. The topological polar surface area (TPSA) is 89.0 Å². The van der Waals surface area contributed by atoms with Crippen LogP contribution in [0.5, 0.6) is 5.75 Å². The van der Waals surface area contributed by atoms with E-state index in [1.54, 1.807) is 29.2 Å². The Hall–Kier alpha value is -2.53. The fourth-order valence-corrected chi connectivity index (χ4v) is 7.50. The largest absolute Gasteiger partial charge is 0.492 e. The summed E-state index contributed by atoms with van der Waals surface area (Å²) in [6, 6.07) is 11.7. The number of para-hydroxylation sites is 1. The lowest BCUT2D eigenvalue weighted by molar-refractivity contribution is -0.122. The van der Waals surface area contributed by atoms with Crippen molar-refractivity contribution in [2.45, 2.75) is 56.6 Å². The zero-order valence-electron chi connectivity index (χ0n) is 20.6. The average Bonchev–Trinajstić information content (AvgIpc) is 3.64. The number of sulfonamides is 1. The molecule has 0 saturated carbocycles. The highest BCUT2D eigenvalue weighted by atomic mass is 32.2. The van der Waals surface area contributed by atoms with E-state index in [4.69, 9.17) is 14.5 Å². The molecule has 2 saturated heterocycles. The van der Waals surface area contributed by atoms with E-state index >= 15 is 0 Å². The molecule has 5 rings (SSSR count). The first-order valence-electron chi connectivity index (χ1n) is 12.4. The second-order valence-corrected chi connectivity index (χ2v) is 12.1. The molecule has 0 bridgehead atoms. The van der Waals surface area contributed by atoms with Gasteiger partial charge in [0.2, 0.25) is 15.9 Å². The van der Waals surface area contributed by atoms with Crippen LogP contribution >= 0.6 is 11.3 Å². The van der Waals surface area contributed by atoms with Crippen molar-refractivity contribution in [2.75, 3.05) is 31.2 Å². The molecular weight excluding hydrogens is 498 g/mol. The quantitative estimate of drug-likeness (QED) is 0.431. The van der Waals surface area contributed by atoms with Crippen LogP contribution in [0.4, 0.5) is 5.13 Å². The SMILES string of the molecule is CCOc1cccc2sc(N(CC3CCCO3)C(=O)C3CCCN3S(=O)(=O)c3ccc(C)cc3)nc12. The van der Waals surface area contributed by atoms with Gasteiger partial charge in [0, 0.05) is 13.2 Å². The fourth-order valence-electron chi connectivity index (χ4n) is 4.85. The predicted octanol–water partition coefficient (Wildman–Crippen LogP) is 4.37. The molecule has 2 fully saturated rings. The van der Waals surface area contributed by atoms with E-state index in [-0.39, 0.29) is 16.9 Å². The minimum absolute atomic E-state index is 0.101. The summed E-state index contributed by atoms with van der Waals surface area (Å²) in [4.78, 5) is 20.7. The van der Waals surface area contributed by atoms with Crippen molar-refractivity contribution in [2.24, 2.45) is 0 Å². The third kappa shape index (κ3) is 4.87. The van der Waals surface area contributed by atoms with Crippen LogP contribution in [0.15, 0.2) is 47.4 Å². The summed E-state index contributed by atoms with van der Waals surface area (Å²) >= 11 is 1.41. The molecule has 2 aliphatic rings. The Morgan fingerprint density at radius 3 is 2.72 bits per heavy atom. The number of thiazole rings is 1. The van der Waals surface area contributed by atoms with Gasteiger partial charge in [0.05, 0.1) is 28.9 Å². The Bertz CT molecular complexity index is 1330. The molecule has 2 atom stereocenters. The van der Waals surface area contributed by atoms with Crippen LogP contribution in [0.1, 0.15) is 38.2 Å². The van der Waals surface area contributed by atoms with E-state index in [1.165, 1.54) is 15.6 Å². The van der Waals surface area contributed by atoms with Crippen molar-refractivity contribution in [3.8, 4) is 5.75 Å². The Balaban J connectivity index is 1.49. The number of amides is 1. The first-order chi connectivity index (χ1) is 17.4. The second-order valence-electron chi connectivity index (χ2n) is 9.20. The molecule has 0 N–H and O–H groups in total. The number of rotatable bonds is 8. The van der Waals surface area contributed by atoms with Gasteiger partial charge >= 0.3 is 0 Å². The maximum absolute atomic E-state index is 14.1. The van der Waals surface area contributed by atoms with Gasteiger partial charge in [-0.1, -0.05) is 35.1 Å². The molecule has 3 heterocycles. The van der Waals surface area contributed by atoms with Crippen LogP contribution < -0.4 is 9.64 Å². The van der Waals surface area contributed by atoms with Gasteiger partial charge in [0.25, 0.3) is 0 Å². The van der Waals surface area contributed by atoms with Gasteiger partial charge in [0.1, 0.15) is 17.3 Å². The van der Waals surface area contributed by atoms with Gasteiger partial charge < -0.3 is 9.47 Å². The van der Waals surface area contributed by atoms with E-state index in [9.17, 15) is 13.2 Å². The summed E-state index contributed by atoms with van der Waals surface area (Å²) in [6.45, 7) is 5.67. The zero-order chi connectivity index (χ0) is 25.3. The molecule has 0 aliphatic carbocycles. The highest BCUT2D eigenvalue weighted by molar-refractivity contribution is 7.89. The third-order valence-electron chi connectivity index (χ3n) is 6.69. The first kappa shape index (κ1) is 25.1. The number of carbonyl (C=O) groups is 1.